The molecule has 0 N–H and O–H groups in total. The Morgan fingerprint density at radius 2 is 2.08 bits per heavy atom. The fourth-order valence-corrected chi connectivity index (χ4v) is 1.04. The van der Waals surface area contributed by atoms with E-state index >= 15 is 0 Å². The van der Waals surface area contributed by atoms with E-state index < -0.39 is 0 Å². The highest BCUT2D eigenvalue weighted by Gasteiger charge is 2.04. The smallest absolute Gasteiger partial charge is 0.0593 e. The van der Waals surface area contributed by atoms with E-state index in [-0.39, 0.29) is 0 Å². The van der Waals surface area contributed by atoms with Crippen molar-refractivity contribution in [1.82, 2.24) is 4.90 Å². The van der Waals surface area contributed by atoms with Crippen molar-refractivity contribution in [2.45, 2.75) is 26.3 Å². The van der Waals surface area contributed by atoms with Crippen LogP contribution in [0.2, 0.25) is 0 Å². The average molecular weight is 191 g/mol. The van der Waals surface area contributed by atoms with Gasteiger partial charge < -0.3 is 9.64 Å². The van der Waals surface area contributed by atoms with Crippen LogP contribution in [-0.2, 0) is 4.74 Å². The molecule has 0 spiro atoms. The Balaban J connectivity index is 3.24. The molecule has 0 aromatic rings. The quantitative estimate of drug-likeness (QED) is 0.485. The van der Waals surface area contributed by atoms with E-state index in [1.165, 1.54) is 6.42 Å². The van der Waals surface area contributed by atoms with E-state index in [0.717, 1.165) is 25.5 Å². The van der Waals surface area contributed by atoms with Crippen LogP contribution in [0.25, 0.3) is 0 Å². The second-order valence-corrected chi connectivity index (χ2v) is 3.52. The van der Waals surface area contributed by atoms with E-state index in [4.69, 9.17) is 4.74 Å². The highest BCUT2D eigenvalue weighted by atomic mass is 32.1. The van der Waals surface area contributed by atoms with E-state index in [1.807, 2.05) is 0 Å². The molecule has 0 aliphatic heterocycles. The van der Waals surface area contributed by atoms with Gasteiger partial charge in [0.25, 0.3) is 0 Å². The van der Waals surface area contributed by atoms with Gasteiger partial charge in [0, 0.05) is 18.3 Å². The van der Waals surface area contributed by atoms with Crippen molar-refractivity contribution in [3.63, 3.8) is 0 Å². The summed E-state index contributed by atoms with van der Waals surface area (Å²) in [5, 5.41) is 0. The first-order valence-corrected chi connectivity index (χ1v) is 5.24. The lowest BCUT2D eigenvalue weighted by atomic mass is 10.2. The zero-order valence-electron chi connectivity index (χ0n) is 8.42. The molecule has 2 nitrogen and oxygen atoms in total. The van der Waals surface area contributed by atoms with Crippen molar-refractivity contribution in [2.75, 3.05) is 32.6 Å². The summed E-state index contributed by atoms with van der Waals surface area (Å²) in [5.74, 6) is 0.813. The number of ether oxygens (including phenoxy) is 1. The van der Waals surface area contributed by atoms with Gasteiger partial charge in [-0.05, 0) is 20.4 Å². The van der Waals surface area contributed by atoms with Crippen LogP contribution in [0.15, 0.2) is 0 Å². The van der Waals surface area contributed by atoms with Crippen LogP contribution >= 0.6 is 12.6 Å². The molecule has 12 heavy (non-hydrogen) atoms. The average Bonchev–Trinajstić information content (AvgIpc) is 2.10. The Labute approximate surface area is 81.7 Å². The molecule has 1 atom stereocenters. The molecule has 0 aliphatic rings. The molecule has 0 fully saturated rings. The predicted octanol–water partition coefficient (Wildman–Crippen LogP) is 1.66. The maximum Gasteiger partial charge on any atom is 0.0593 e. The minimum Gasteiger partial charge on any atom is -0.379 e. The summed E-state index contributed by atoms with van der Waals surface area (Å²) < 4.78 is 5.33. The Kier molecular flexibility index (Phi) is 8.07. The first kappa shape index (κ1) is 12.3. The minimum absolute atomic E-state index is 0.657. The zero-order chi connectivity index (χ0) is 9.40. The Hall–Kier alpha value is 0.270. The third kappa shape index (κ3) is 5.86. The van der Waals surface area contributed by atoms with E-state index in [1.54, 1.807) is 0 Å². The summed E-state index contributed by atoms with van der Waals surface area (Å²) in [6.07, 6.45) is 1.20. The molecule has 0 saturated heterocycles. The number of likely N-dealkylation sites (N-methyl/N-ethyl adjacent to an activating group) is 1. The molecular formula is C9H21NOS. The van der Waals surface area contributed by atoms with Crippen molar-refractivity contribution in [3.05, 3.63) is 0 Å². The Morgan fingerprint density at radius 1 is 1.42 bits per heavy atom. The Morgan fingerprint density at radius 3 is 2.58 bits per heavy atom. The molecule has 0 bridgehead atoms. The van der Waals surface area contributed by atoms with Crippen molar-refractivity contribution in [1.29, 1.82) is 0 Å². The van der Waals surface area contributed by atoms with E-state index in [2.05, 4.69) is 38.4 Å². The lowest BCUT2D eigenvalue weighted by molar-refractivity contribution is 0.111. The molecule has 1 unspecified atom stereocenters. The van der Waals surface area contributed by atoms with Crippen molar-refractivity contribution < 1.29 is 4.74 Å². The van der Waals surface area contributed by atoms with Crippen LogP contribution in [0.1, 0.15) is 20.3 Å². The maximum atomic E-state index is 5.33. The fourth-order valence-electron chi connectivity index (χ4n) is 0.907. The SMILES string of the molecule is CCC(C)N(C)CCOCCS. The summed E-state index contributed by atoms with van der Waals surface area (Å²) in [4.78, 5) is 2.32. The van der Waals surface area contributed by atoms with E-state index in [9.17, 15) is 0 Å². The molecule has 74 valence electrons. The second kappa shape index (κ2) is 7.90. The lowest BCUT2D eigenvalue weighted by Gasteiger charge is -2.22. The van der Waals surface area contributed by atoms with Crippen LogP contribution in [0.4, 0.5) is 0 Å². The van der Waals surface area contributed by atoms with Gasteiger partial charge in [-0.25, -0.2) is 0 Å². The van der Waals surface area contributed by atoms with Gasteiger partial charge in [-0.1, -0.05) is 6.92 Å². The third-order valence-corrected chi connectivity index (χ3v) is 2.35. The van der Waals surface area contributed by atoms with Crippen LogP contribution in [-0.4, -0.2) is 43.5 Å². The van der Waals surface area contributed by atoms with E-state index in [0.29, 0.717) is 6.04 Å². The van der Waals surface area contributed by atoms with Crippen molar-refractivity contribution >= 4 is 12.6 Å². The van der Waals surface area contributed by atoms with Crippen molar-refractivity contribution in [3.8, 4) is 0 Å². The number of nitrogens with zero attached hydrogens (tertiary/aromatic N) is 1. The molecule has 0 aromatic carbocycles. The molecular weight excluding hydrogens is 170 g/mol. The second-order valence-electron chi connectivity index (χ2n) is 3.07. The lowest BCUT2D eigenvalue weighted by Crippen LogP contribution is -2.31. The van der Waals surface area contributed by atoms with Gasteiger partial charge in [-0.2, -0.15) is 12.6 Å². The topological polar surface area (TPSA) is 12.5 Å². The molecule has 0 aromatic heterocycles. The molecule has 0 radical (unpaired) electrons. The fraction of sp³-hybridized carbons (Fsp3) is 1.00. The van der Waals surface area contributed by atoms with Crippen LogP contribution in [0.5, 0.6) is 0 Å². The third-order valence-electron chi connectivity index (χ3n) is 2.17. The standard InChI is InChI=1S/C9H21NOS/c1-4-9(2)10(3)5-6-11-7-8-12/h9,12H,4-8H2,1-3H3. The molecule has 0 rings (SSSR count). The predicted molar refractivity (Wildman–Crippen MR) is 57.1 cm³/mol. The largest absolute Gasteiger partial charge is 0.379 e. The highest BCUT2D eigenvalue weighted by molar-refractivity contribution is 7.80. The highest BCUT2D eigenvalue weighted by Crippen LogP contribution is 1.98. The van der Waals surface area contributed by atoms with Crippen LogP contribution < -0.4 is 0 Å². The van der Waals surface area contributed by atoms with Crippen molar-refractivity contribution in [2.24, 2.45) is 0 Å². The minimum atomic E-state index is 0.657. The first-order chi connectivity index (χ1) is 5.72. The number of thiol groups is 1. The van der Waals surface area contributed by atoms with Gasteiger partial charge in [0.1, 0.15) is 0 Å². The monoisotopic (exact) mass is 191 g/mol. The number of rotatable bonds is 7. The molecule has 3 heteroatoms. The number of hydrogen-bond donors (Lipinski definition) is 1. The summed E-state index contributed by atoms with van der Waals surface area (Å²) in [6.45, 7) is 7.04. The summed E-state index contributed by atoms with van der Waals surface area (Å²) in [5.41, 5.74) is 0. The maximum absolute atomic E-state index is 5.33. The Bertz CT molecular complexity index is 101. The zero-order valence-corrected chi connectivity index (χ0v) is 9.31. The molecule has 0 amide bonds. The van der Waals surface area contributed by atoms with Crippen LogP contribution in [0, 0.1) is 0 Å². The van der Waals surface area contributed by atoms with Gasteiger partial charge in [0.15, 0.2) is 0 Å². The normalized spacial score (nSPS) is 13.8. The summed E-state index contributed by atoms with van der Waals surface area (Å²) in [7, 11) is 2.14. The van der Waals surface area contributed by atoms with Gasteiger partial charge in [-0.3, -0.25) is 0 Å². The van der Waals surface area contributed by atoms with Crippen LogP contribution in [0.3, 0.4) is 0 Å². The molecule has 0 heterocycles. The van der Waals surface area contributed by atoms with Gasteiger partial charge in [0.2, 0.25) is 0 Å². The molecule has 0 saturated carbocycles. The summed E-state index contributed by atoms with van der Waals surface area (Å²) >= 11 is 4.07. The van der Waals surface area contributed by atoms with Gasteiger partial charge >= 0.3 is 0 Å². The first-order valence-electron chi connectivity index (χ1n) is 4.61. The number of hydrogen-bond acceptors (Lipinski definition) is 3. The van der Waals surface area contributed by atoms with Gasteiger partial charge in [0.05, 0.1) is 13.2 Å². The molecule has 0 aliphatic carbocycles. The van der Waals surface area contributed by atoms with Gasteiger partial charge in [-0.15, -0.1) is 0 Å². The summed E-state index contributed by atoms with van der Waals surface area (Å²) in [6, 6.07) is 0.657.